The second-order valence-corrected chi connectivity index (χ2v) is 3.73. The second kappa shape index (κ2) is 5.32. The van der Waals surface area contributed by atoms with E-state index in [1.165, 1.54) is 0 Å². The summed E-state index contributed by atoms with van der Waals surface area (Å²) in [6.45, 7) is 4.00. The highest BCUT2D eigenvalue weighted by molar-refractivity contribution is 5.80. The lowest BCUT2D eigenvalue weighted by molar-refractivity contribution is -0.151. The van der Waals surface area contributed by atoms with Crippen LogP contribution in [0, 0.1) is 5.41 Å². The summed E-state index contributed by atoms with van der Waals surface area (Å²) in [5, 5.41) is 0. The van der Waals surface area contributed by atoms with Gasteiger partial charge in [-0.1, -0.05) is 6.92 Å². The Morgan fingerprint density at radius 2 is 2.07 bits per heavy atom. The average Bonchev–Trinajstić information content (AvgIpc) is 2.98. The molecule has 0 bridgehead atoms. The average molecular weight is 201 g/mol. The van der Waals surface area contributed by atoms with Gasteiger partial charge in [0.15, 0.2) is 0 Å². The largest absolute Gasteiger partial charge is 0.463 e. The molecule has 14 heavy (non-hydrogen) atoms. The number of ether oxygens (including phenoxy) is 2. The van der Waals surface area contributed by atoms with Crippen LogP contribution >= 0.6 is 0 Å². The minimum Gasteiger partial charge on any atom is -0.463 e. The Hall–Kier alpha value is -0.610. The first kappa shape index (κ1) is 11.5. The van der Waals surface area contributed by atoms with Crippen molar-refractivity contribution in [3.05, 3.63) is 0 Å². The van der Waals surface area contributed by atoms with Crippen molar-refractivity contribution in [2.75, 3.05) is 26.4 Å². The maximum absolute atomic E-state index is 11.4. The van der Waals surface area contributed by atoms with Crippen molar-refractivity contribution in [3.63, 3.8) is 0 Å². The maximum Gasteiger partial charge on any atom is 0.313 e. The molecule has 0 aromatic heterocycles. The van der Waals surface area contributed by atoms with Crippen molar-refractivity contribution in [1.29, 1.82) is 0 Å². The fraction of sp³-hybridized carbons (Fsp3) is 0.900. The minimum atomic E-state index is -0.343. The molecule has 0 saturated heterocycles. The van der Waals surface area contributed by atoms with Gasteiger partial charge < -0.3 is 15.2 Å². The molecule has 0 heterocycles. The van der Waals surface area contributed by atoms with E-state index in [9.17, 15) is 4.79 Å². The van der Waals surface area contributed by atoms with Gasteiger partial charge >= 0.3 is 5.97 Å². The van der Waals surface area contributed by atoms with E-state index in [2.05, 4.69) is 0 Å². The van der Waals surface area contributed by atoms with Crippen molar-refractivity contribution in [3.8, 4) is 0 Å². The number of hydrogen-bond acceptors (Lipinski definition) is 4. The van der Waals surface area contributed by atoms with E-state index < -0.39 is 0 Å². The van der Waals surface area contributed by atoms with Gasteiger partial charge in [-0.25, -0.2) is 0 Å². The predicted octanol–water partition coefficient (Wildman–Crippen LogP) is 0.695. The van der Waals surface area contributed by atoms with Crippen LogP contribution in [0.1, 0.15) is 26.2 Å². The summed E-state index contributed by atoms with van der Waals surface area (Å²) in [5.41, 5.74) is 5.15. The highest BCUT2D eigenvalue weighted by Crippen LogP contribution is 2.45. The number of hydrogen-bond donors (Lipinski definition) is 1. The zero-order chi connectivity index (χ0) is 10.4. The fourth-order valence-electron chi connectivity index (χ4n) is 1.24. The van der Waals surface area contributed by atoms with Gasteiger partial charge in [0.25, 0.3) is 0 Å². The zero-order valence-corrected chi connectivity index (χ0v) is 8.75. The molecule has 1 fully saturated rings. The molecule has 1 aliphatic rings. The molecule has 2 N–H and O–H groups in total. The van der Waals surface area contributed by atoms with Gasteiger partial charge in [-0.3, -0.25) is 4.79 Å². The van der Waals surface area contributed by atoms with Crippen LogP contribution in [0.15, 0.2) is 0 Å². The summed E-state index contributed by atoms with van der Waals surface area (Å²) >= 11 is 0. The summed E-state index contributed by atoms with van der Waals surface area (Å²) in [6, 6.07) is 0. The van der Waals surface area contributed by atoms with Crippen molar-refractivity contribution < 1.29 is 14.3 Å². The van der Waals surface area contributed by atoms with E-state index in [4.69, 9.17) is 15.2 Å². The normalized spacial score (nSPS) is 17.9. The van der Waals surface area contributed by atoms with Gasteiger partial charge in [0.05, 0.1) is 12.0 Å². The molecule has 0 radical (unpaired) electrons. The Labute approximate surface area is 84.7 Å². The van der Waals surface area contributed by atoms with E-state index in [1.54, 1.807) is 0 Å². The lowest BCUT2D eigenvalue weighted by Gasteiger charge is -2.11. The second-order valence-electron chi connectivity index (χ2n) is 3.73. The molecule has 0 spiro atoms. The number of carbonyl (C=O) groups excluding carboxylic acids is 1. The molecule has 82 valence electrons. The highest BCUT2D eigenvalue weighted by atomic mass is 16.6. The number of nitrogens with two attached hydrogens (primary N) is 1. The zero-order valence-electron chi connectivity index (χ0n) is 8.75. The Balaban J connectivity index is 2.04. The lowest BCUT2D eigenvalue weighted by atomic mass is 10.1. The van der Waals surface area contributed by atoms with E-state index in [0.29, 0.717) is 19.8 Å². The molecule has 1 rings (SSSR count). The first-order chi connectivity index (χ1) is 6.75. The van der Waals surface area contributed by atoms with Gasteiger partial charge in [-0.2, -0.15) is 0 Å². The third-order valence-corrected chi connectivity index (χ3v) is 2.49. The SMILES string of the molecule is CCCOCCOC(=O)C1(CN)CC1. The quantitative estimate of drug-likeness (QED) is 0.486. The third-order valence-electron chi connectivity index (χ3n) is 2.49. The molecular weight excluding hydrogens is 182 g/mol. The molecule has 0 unspecified atom stereocenters. The van der Waals surface area contributed by atoms with Crippen LogP contribution in [0.25, 0.3) is 0 Å². The Morgan fingerprint density at radius 3 is 2.57 bits per heavy atom. The smallest absolute Gasteiger partial charge is 0.313 e. The minimum absolute atomic E-state index is 0.153. The Morgan fingerprint density at radius 1 is 1.36 bits per heavy atom. The molecule has 0 amide bonds. The molecule has 0 aromatic rings. The lowest BCUT2D eigenvalue weighted by Crippen LogP contribution is -2.28. The van der Waals surface area contributed by atoms with Crippen LogP contribution < -0.4 is 5.73 Å². The van der Waals surface area contributed by atoms with Crippen molar-refractivity contribution in [2.45, 2.75) is 26.2 Å². The van der Waals surface area contributed by atoms with E-state index in [0.717, 1.165) is 25.9 Å². The van der Waals surface area contributed by atoms with Gasteiger partial charge in [-0.15, -0.1) is 0 Å². The maximum atomic E-state index is 11.4. The molecule has 0 atom stereocenters. The first-order valence-electron chi connectivity index (χ1n) is 5.20. The Kier molecular flexibility index (Phi) is 4.35. The summed E-state index contributed by atoms with van der Waals surface area (Å²) in [7, 11) is 0. The van der Waals surface area contributed by atoms with Crippen molar-refractivity contribution >= 4 is 5.97 Å². The van der Waals surface area contributed by atoms with Crippen LogP contribution in [0.3, 0.4) is 0 Å². The molecule has 1 saturated carbocycles. The molecule has 4 heteroatoms. The summed E-state index contributed by atoms with van der Waals surface area (Å²) in [5.74, 6) is -0.153. The molecule has 0 aliphatic heterocycles. The topological polar surface area (TPSA) is 61.5 Å². The van der Waals surface area contributed by atoms with Gasteiger partial charge in [-0.05, 0) is 19.3 Å². The third kappa shape index (κ3) is 2.96. The summed E-state index contributed by atoms with van der Waals surface area (Å²) < 4.78 is 10.3. The Bertz CT molecular complexity index is 190. The summed E-state index contributed by atoms with van der Waals surface area (Å²) in [6.07, 6.45) is 2.73. The first-order valence-corrected chi connectivity index (χ1v) is 5.20. The van der Waals surface area contributed by atoms with E-state index >= 15 is 0 Å². The standard InChI is InChI=1S/C10H19NO3/c1-2-5-13-6-7-14-9(12)10(8-11)3-4-10/h2-8,11H2,1H3. The van der Waals surface area contributed by atoms with Crippen LogP contribution in [0.2, 0.25) is 0 Å². The molecule has 4 nitrogen and oxygen atoms in total. The number of esters is 1. The van der Waals surface area contributed by atoms with Crippen LogP contribution in [0.5, 0.6) is 0 Å². The van der Waals surface area contributed by atoms with Gasteiger partial charge in [0.2, 0.25) is 0 Å². The monoisotopic (exact) mass is 201 g/mol. The molecular formula is C10H19NO3. The van der Waals surface area contributed by atoms with E-state index in [-0.39, 0.29) is 11.4 Å². The summed E-state index contributed by atoms with van der Waals surface area (Å²) in [4.78, 5) is 11.4. The van der Waals surface area contributed by atoms with Crippen molar-refractivity contribution in [2.24, 2.45) is 11.1 Å². The highest BCUT2D eigenvalue weighted by Gasteiger charge is 2.50. The van der Waals surface area contributed by atoms with Gasteiger partial charge in [0, 0.05) is 13.2 Å². The van der Waals surface area contributed by atoms with E-state index in [1.807, 2.05) is 6.92 Å². The van der Waals surface area contributed by atoms with Crippen molar-refractivity contribution in [1.82, 2.24) is 0 Å². The fourth-order valence-corrected chi connectivity index (χ4v) is 1.24. The molecule has 0 aromatic carbocycles. The van der Waals surface area contributed by atoms with Gasteiger partial charge in [0.1, 0.15) is 6.61 Å². The van der Waals surface area contributed by atoms with Crippen LogP contribution in [0.4, 0.5) is 0 Å². The number of rotatable bonds is 7. The molecule has 1 aliphatic carbocycles. The van der Waals surface area contributed by atoms with Crippen LogP contribution in [-0.2, 0) is 14.3 Å². The number of carbonyl (C=O) groups is 1. The predicted molar refractivity (Wildman–Crippen MR) is 52.8 cm³/mol. The van der Waals surface area contributed by atoms with Crippen LogP contribution in [-0.4, -0.2) is 32.3 Å².